The van der Waals surface area contributed by atoms with Crippen LogP contribution < -0.4 is 4.90 Å². The highest BCUT2D eigenvalue weighted by molar-refractivity contribution is 14.1. The Morgan fingerprint density at radius 1 is 1.35 bits per heavy atom. The van der Waals surface area contributed by atoms with Crippen LogP contribution in [0.5, 0.6) is 0 Å². The molecule has 2 aromatic heterocycles. The summed E-state index contributed by atoms with van der Waals surface area (Å²) in [7, 11) is 3.78. The zero-order chi connectivity index (χ0) is 14.7. The molecule has 0 aliphatic heterocycles. The lowest BCUT2D eigenvalue weighted by molar-refractivity contribution is 0.0901. The number of halogens is 1. The van der Waals surface area contributed by atoms with E-state index in [2.05, 4.69) is 56.4 Å². The summed E-state index contributed by atoms with van der Waals surface area (Å²) in [6.07, 6.45) is 3.69. The molecule has 0 atom stereocenters. The largest absolute Gasteiger partial charge is 0.362 e. The van der Waals surface area contributed by atoms with E-state index in [1.807, 2.05) is 19.0 Å². The topological polar surface area (TPSA) is 43.2 Å². The average Bonchev–Trinajstić information content (AvgIpc) is 2.71. The first-order valence-corrected chi connectivity index (χ1v) is 10.3. The average molecular weight is 403 g/mol. The summed E-state index contributed by atoms with van der Waals surface area (Å²) in [5.74, 6) is 0.950. The SMILES string of the molecule is CN(C)c1ncnc2c1c(I)cn2COCC[Si](C)C. The van der Waals surface area contributed by atoms with E-state index >= 15 is 0 Å². The van der Waals surface area contributed by atoms with E-state index < -0.39 is 0 Å². The van der Waals surface area contributed by atoms with Gasteiger partial charge in [-0.1, -0.05) is 13.1 Å². The van der Waals surface area contributed by atoms with Gasteiger partial charge in [0.05, 0.1) is 5.39 Å². The van der Waals surface area contributed by atoms with Crippen molar-refractivity contribution in [2.75, 3.05) is 25.6 Å². The van der Waals surface area contributed by atoms with Crippen molar-refractivity contribution in [3.8, 4) is 0 Å². The van der Waals surface area contributed by atoms with Gasteiger partial charge >= 0.3 is 0 Å². The van der Waals surface area contributed by atoms with Gasteiger partial charge in [0.25, 0.3) is 0 Å². The zero-order valence-corrected chi connectivity index (χ0v) is 15.5. The van der Waals surface area contributed by atoms with Crippen LogP contribution in [-0.2, 0) is 11.5 Å². The Morgan fingerprint density at radius 3 is 2.75 bits per heavy atom. The molecule has 0 N–H and O–H groups in total. The van der Waals surface area contributed by atoms with Crippen LogP contribution in [0, 0.1) is 3.57 Å². The minimum Gasteiger partial charge on any atom is -0.362 e. The van der Waals surface area contributed by atoms with Crippen molar-refractivity contribution >= 4 is 48.2 Å². The van der Waals surface area contributed by atoms with Crippen molar-refractivity contribution in [1.29, 1.82) is 0 Å². The third-order valence-corrected chi connectivity index (χ3v) is 5.01. The Morgan fingerprint density at radius 2 is 2.10 bits per heavy atom. The monoisotopic (exact) mass is 403 g/mol. The van der Waals surface area contributed by atoms with Gasteiger partial charge in [-0.05, 0) is 28.6 Å². The summed E-state index contributed by atoms with van der Waals surface area (Å²) in [5, 5.41) is 1.09. The maximum atomic E-state index is 5.76. The van der Waals surface area contributed by atoms with E-state index in [1.54, 1.807) is 6.33 Å². The van der Waals surface area contributed by atoms with E-state index in [9.17, 15) is 0 Å². The van der Waals surface area contributed by atoms with E-state index in [0.717, 1.165) is 27.0 Å². The van der Waals surface area contributed by atoms with Gasteiger partial charge in [0.15, 0.2) is 0 Å². The molecular weight excluding hydrogens is 383 g/mol. The Balaban J connectivity index is 2.21. The molecule has 0 aliphatic rings. The molecule has 2 rings (SSSR count). The van der Waals surface area contributed by atoms with E-state index in [-0.39, 0.29) is 8.80 Å². The number of aromatic nitrogens is 3. The molecule has 0 amide bonds. The van der Waals surface area contributed by atoms with Crippen LogP contribution >= 0.6 is 22.6 Å². The second-order valence-corrected chi connectivity index (χ2v) is 9.31. The number of hydrogen-bond acceptors (Lipinski definition) is 4. The van der Waals surface area contributed by atoms with E-state index in [0.29, 0.717) is 6.73 Å². The molecular formula is C13H20IN4OSi. The molecule has 1 radical (unpaired) electrons. The van der Waals surface area contributed by atoms with Gasteiger partial charge in [-0.3, -0.25) is 0 Å². The summed E-state index contributed by atoms with van der Waals surface area (Å²) in [6, 6.07) is 1.18. The molecule has 2 heterocycles. The van der Waals surface area contributed by atoms with Gasteiger partial charge in [-0.15, -0.1) is 0 Å². The minimum atomic E-state index is -0.211. The van der Waals surface area contributed by atoms with Crippen molar-refractivity contribution in [2.45, 2.75) is 25.9 Å². The first-order chi connectivity index (χ1) is 9.50. The van der Waals surface area contributed by atoms with Crippen molar-refractivity contribution in [3.05, 3.63) is 16.1 Å². The third kappa shape index (κ3) is 3.50. The second kappa shape index (κ2) is 6.86. The van der Waals surface area contributed by atoms with Crippen molar-refractivity contribution in [3.63, 3.8) is 0 Å². The van der Waals surface area contributed by atoms with Gasteiger partial charge < -0.3 is 14.2 Å². The Bertz CT molecular complexity index is 585. The van der Waals surface area contributed by atoms with Gasteiger partial charge in [0.1, 0.15) is 24.5 Å². The maximum absolute atomic E-state index is 5.76. The van der Waals surface area contributed by atoms with Crippen LogP contribution in [0.1, 0.15) is 0 Å². The van der Waals surface area contributed by atoms with Gasteiger partial charge in [-0.25, -0.2) is 9.97 Å². The molecule has 0 spiro atoms. The zero-order valence-electron chi connectivity index (χ0n) is 12.4. The second-order valence-electron chi connectivity index (χ2n) is 5.23. The number of anilines is 1. The van der Waals surface area contributed by atoms with Crippen molar-refractivity contribution < 1.29 is 4.74 Å². The van der Waals surface area contributed by atoms with Gasteiger partial charge in [-0.2, -0.15) is 0 Å². The predicted octanol–water partition coefficient (Wildman–Crippen LogP) is 2.83. The summed E-state index contributed by atoms with van der Waals surface area (Å²) < 4.78 is 8.98. The van der Waals surface area contributed by atoms with E-state index in [1.165, 1.54) is 6.04 Å². The molecule has 0 saturated heterocycles. The predicted molar refractivity (Wildman–Crippen MR) is 92.8 cm³/mol. The molecule has 7 heteroatoms. The van der Waals surface area contributed by atoms with Gasteiger partial charge in [0.2, 0.25) is 0 Å². The van der Waals surface area contributed by atoms with Crippen molar-refractivity contribution in [2.24, 2.45) is 0 Å². The highest BCUT2D eigenvalue weighted by Gasteiger charge is 2.14. The Kier molecular flexibility index (Phi) is 5.39. The quantitative estimate of drug-likeness (QED) is 0.423. The van der Waals surface area contributed by atoms with Gasteiger partial charge in [0, 0.05) is 39.3 Å². The first-order valence-electron chi connectivity index (χ1n) is 6.54. The first kappa shape index (κ1) is 15.7. The van der Waals surface area contributed by atoms with Crippen LogP contribution in [0.4, 0.5) is 5.82 Å². The molecule has 0 unspecified atom stereocenters. The molecule has 0 saturated carbocycles. The van der Waals surface area contributed by atoms with Crippen LogP contribution in [0.3, 0.4) is 0 Å². The molecule has 2 aromatic rings. The molecule has 0 aromatic carbocycles. The number of rotatable bonds is 6. The molecule has 0 fully saturated rings. The minimum absolute atomic E-state index is 0.211. The van der Waals surface area contributed by atoms with Crippen LogP contribution in [0.25, 0.3) is 11.0 Å². The number of hydrogen-bond donors (Lipinski definition) is 0. The standard InChI is InChI=1S/C13H20IN4OSi/c1-17(2)12-11-10(14)7-18(13(11)16-8-15-12)9-19-5-6-20(3)4/h7-8H,5-6,9H2,1-4H3. The normalized spacial score (nSPS) is 11.5. The number of nitrogens with zero attached hydrogens (tertiary/aromatic N) is 4. The highest BCUT2D eigenvalue weighted by atomic mass is 127. The van der Waals surface area contributed by atoms with E-state index in [4.69, 9.17) is 4.74 Å². The summed E-state index contributed by atoms with van der Waals surface area (Å²) in [6.45, 7) is 5.99. The summed E-state index contributed by atoms with van der Waals surface area (Å²) in [4.78, 5) is 10.8. The molecule has 0 aliphatic carbocycles. The molecule has 0 bridgehead atoms. The maximum Gasteiger partial charge on any atom is 0.148 e. The van der Waals surface area contributed by atoms with Crippen molar-refractivity contribution in [1.82, 2.24) is 14.5 Å². The molecule has 20 heavy (non-hydrogen) atoms. The Hall–Kier alpha value is -0.673. The molecule has 5 nitrogen and oxygen atoms in total. The van der Waals surface area contributed by atoms with Crippen LogP contribution in [-0.4, -0.2) is 44.0 Å². The van der Waals surface area contributed by atoms with Crippen LogP contribution in [0.15, 0.2) is 12.5 Å². The number of ether oxygens (including phenoxy) is 1. The Labute approximate surface area is 135 Å². The summed E-state index contributed by atoms with van der Waals surface area (Å²) in [5.41, 5.74) is 0.937. The lowest BCUT2D eigenvalue weighted by Crippen LogP contribution is -2.12. The third-order valence-electron chi connectivity index (χ3n) is 2.99. The fourth-order valence-corrected chi connectivity index (χ4v) is 3.31. The number of fused-ring (bicyclic) bond motifs is 1. The summed E-state index contributed by atoms with van der Waals surface area (Å²) >= 11 is 2.33. The fourth-order valence-electron chi connectivity index (χ4n) is 1.94. The molecule has 109 valence electrons. The lowest BCUT2D eigenvalue weighted by atomic mass is 10.3. The van der Waals surface area contributed by atoms with Crippen LogP contribution in [0.2, 0.25) is 19.1 Å². The smallest absolute Gasteiger partial charge is 0.148 e. The highest BCUT2D eigenvalue weighted by Crippen LogP contribution is 2.28. The fraction of sp³-hybridized carbons (Fsp3) is 0.538. The lowest BCUT2D eigenvalue weighted by Gasteiger charge is -2.12.